The minimum absolute atomic E-state index is 0.124. The number of aliphatic hydroxyl groups excluding tert-OH is 3. The summed E-state index contributed by atoms with van der Waals surface area (Å²) in [4.78, 5) is 20.7. The van der Waals surface area contributed by atoms with Crippen molar-refractivity contribution in [1.82, 2.24) is 19.5 Å². The molecule has 0 aliphatic carbocycles. The van der Waals surface area contributed by atoms with E-state index < -0.39 is 36.7 Å². The molecule has 0 unspecified atom stereocenters. The van der Waals surface area contributed by atoms with E-state index in [1.54, 1.807) is 0 Å². The molecule has 3 heterocycles. The van der Waals surface area contributed by atoms with Crippen LogP contribution in [-0.4, -0.2) is 59.8 Å². The van der Waals surface area contributed by atoms with Gasteiger partial charge in [-0.25, -0.2) is 4.98 Å². The van der Waals surface area contributed by atoms with Gasteiger partial charge in [-0.2, -0.15) is 0 Å². The number of aromatic amines is 2. The smallest absolute Gasteiger partial charge is 0.276 e. The van der Waals surface area contributed by atoms with Crippen molar-refractivity contribution in [1.29, 1.82) is 0 Å². The lowest BCUT2D eigenvalue weighted by Gasteiger charge is -2.16. The van der Waals surface area contributed by atoms with Crippen LogP contribution in [0.15, 0.2) is 11.1 Å². The standard InChI is InChI=1S/C10H12N4O5S/c15-1-3-5(16)6(17)9(19-3)14-7-4(13-10(14)20)8(18)12-2-11-7/h2-3,5-6,9,15-17H,1H2,(H,13,20)(H,11,12,18)/t3-,5-,6-,9-/m0/s1. The van der Waals surface area contributed by atoms with E-state index in [1.165, 1.54) is 10.9 Å². The van der Waals surface area contributed by atoms with Crippen molar-refractivity contribution >= 4 is 23.4 Å². The zero-order valence-electron chi connectivity index (χ0n) is 10.1. The van der Waals surface area contributed by atoms with E-state index >= 15 is 0 Å². The van der Waals surface area contributed by atoms with Gasteiger partial charge in [-0.3, -0.25) is 9.36 Å². The Morgan fingerprint density at radius 1 is 1.45 bits per heavy atom. The number of nitrogens with one attached hydrogen (secondary N) is 2. The zero-order valence-corrected chi connectivity index (χ0v) is 10.9. The second-order valence-electron chi connectivity index (χ2n) is 4.46. The van der Waals surface area contributed by atoms with E-state index in [4.69, 9.17) is 22.1 Å². The highest BCUT2D eigenvalue weighted by molar-refractivity contribution is 7.71. The molecule has 2 aromatic rings. The van der Waals surface area contributed by atoms with Crippen molar-refractivity contribution in [2.75, 3.05) is 6.61 Å². The van der Waals surface area contributed by atoms with Crippen molar-refractivity contribution in [3.05, 3.63) is 21.5 Å². The average molecular weight is 300 g/mol. The summed E-state index contributed by atoms with van der Waals surface area (Å²) in [5.74, 6) is 0. The molecule has 10 heteroatoms. The summed E-state index contributed by atoms with van der Waals surface area (Å²) < 4.78 is 6.82. The van der Waals surface area contributed by atoms with Crippen LogP contribution in [0.2, 0.25) is 0 Å². The molecule has 5 N–H and O–H groups in total. The maximum Gasteiger partial charge on any atom is 0.276 e. The number of hydrogen-bond donors (Lipinski definition) is 5. The molecular weight excluding hydrogens is 288 g/mol. The van der Waals surface area contributed by atoms with Gasteiger partial charge >= 0.3 is 0 Å². The highest BCUT2D eigenvalue weighted by Gasteiger charge is 2.44. The monoisotopic (exact) mass is 300 g/mol. The van der Waals surface area contributed by atoms with Gasteiger partial charge in [0.2, 0.25) is 0 Å². The van der Waals surface area contributed by atoms with Gasteiger partial charge < -0.3 is 30.0 Å². The number of H-pyrrole nitrogens is 2. The molecule has 1 aliphatic heterocycles. The third kappa shape index (κ3) is 1.81. The van der Waals surface area contributed by atoms with Gasteiger partial charge in [0.1, 0.15) is 18.3 Å². The molecule has 4 atom stereocenters. The van der Waals surface area contributed by atoms with Crippen molar-refractivity contribution in [2.24, 2.45) is 0 Å². The maximum atomic E-state index is 11.6. The van der Waals surface area contributed by atoms with E-state index in [0.29, 0.717) is 0 Å². The Hall–Kier alpha value is -1.59. The molecular formula is C10H12N4O5S. The van der Waals surface area contributed by atoms with Crippen LogP contribution >= 0.6 is 12.2 Å². The first-order valence-corrected chi connectivity index (χ1v) is 6.25. The van der Waals surface area contributed by atoms with Gasteiger partial charge in [-0.1, -0.05) is 0 Å². The van der Waals surface area contributed by atoms with Gasteiger partial charge in [-0.15, -0.1) is 0 Å². The number of fused-ring (bicyclic) bond motifs is 1. The van der Waals surface area contributed by atoms with Gasteiger partial charge in [-0.05, 0) is 12.2 Å². The molecule has 0 bridgehead atoms. The second kappa shape index (κ2) is 4.75. The summed E-state index contributed by atoms with van der Waals surface area (Å²) in [6.45, 7) is -0.446. The van der Waals surface area contributed by atoms with E-state index in [9.17, 15) is 15.0 Å². The Balaban J connectivity index is 2.16. The minimum atomic E-state index is -1.29. The molecule has 1 saturated heterocycles. The molecule has 1 aliphatic rings. The Morgan fingerprint density at radius 3 is 2.85 bits per heavy atom. The third-order valence-electron chi connectivity index (χ3n) is 3.28. The third-order valence-corrected chi connectivity index (χ3v) is 3.58. The number of aliphatic hydroxyl groups is 3. The fourth-order valence-corrected chi connectivity index (χ4v) is 2.57. The molecule has 0 amide bonds. The summed E-state index contributed by atoms with van der Waals surface area (Å²) >= 11 is 5.10. The number of hydrogen-bond acceptors (Lipinski definition) is 7. The Bertz CT molecular complexity index is 752. The lowest BCUT2D eigenvalue weighted by molar-refractivity contribution is -0.0517. The molecule has 0 aromatic carbocycles. The van der Waals surface area contributed by atoms with Crippen LogP contribution in [0.25, 0.3) is 11.2 Å². The number of nitrogens with zero attached hydrogens (tertiary/aromatic N) is 2. The summed E-state index contributed by atoms with van der Waals surface area (Å²) in [6, 6.07) is 0. The second-order valence-corrected chi connectivity index (χ2v) is 4.85. The van der Waals surface area contributed by atoms with E-state index in [-0.39, 0.29) is 15.9 Å². The van der Waals surface area contributed by atoms with Gasteiger partial charge in [0.25, 0.3) is 5.56 Å². The normalized spacial score (nSPS) is 30.1. The first kappa shape index (κ1) is 13.4. The highest BCUT2D eigenvalue weighted by Crippen LogP contribution is 2.31. The van der Waals surface area contributed by atoms with Crippen LogP contribution in [0.3, 0.4) is 0 Å². The number of ether oxygens (including phenoxy) is 1. The Morgan fingerprint density at radius 2 is 2.20 bits per heavy atom. The van der Waals surface area contributed by atoms with E-state index in [0.717, 1.165) is 0 Å². The zero-order chi connectivity index (χ0) is 14.4. The van der Waals surface area contributed by atoms with Gasteiger partial charge in [0, 0.05) is 0 Å². The van der Waals surface area contributed by atoms with Gasteiger partial charge in [0.15, 0.2) is 22.2 Å². The predicted octanol–water partition coefficient (Wildman–Crippen LogP) is -1.61. The Labute approximate surface area is 116 Å². The summed E-state index contributed by atoms with van der Waals surface area (Å²) in [6.07, 6.45) is -3.30. The lowest BCUT2D eigenvalue weighted by atomic mass is 10.1. The fraction of sp³-hybridized carbons (Fsp3) is 0.500. The molecule has 1 fully saturated rings. The SMILES string of the molecule is O=c1[nH]cnc2c1[nH]c(=S)n2[C@H]1O[C@@H](CO)[C@H](O)[C@@H]1O. The van der Waals surface area contributed by atoms with Crippen molar-refractivity contribution in [3.63, 3.8) is 0 Å². The van der Waals surface area contributed by atoms with Crippen LogP contribution in [0.4, 0.5) is 0 Å². The predicted molar refractivity (Wildman–Crippen MR) is 68.5 cm³/mol. The number of rotatable bonds is 2. The summed E-state index contributed by atoms with van der Waals surface area (Å²) in [5.41, 5.74) is -0.0598. The summed E-state index contributed by atoms with van der Waals surface area (Å²) in [7, 11) is 0. The fourth-order valence-electron chi connectivity index (χ4n) is 2.28. The molecule has 20 heavy (non-hydrogen) atoms. The molecule has 3 rings (SSSR count). The van der Waals surface area contributed by atoms with Crippen LogP contribution in [0, 0.1) is 4.77 Å². The summed E-state index contributed by atoms with van der Waals surface area (Å²) in [5, 5.41) is 28.9. The van der Waals surface area contributed by atoms with Crippen molar-refractivity contribution in [3.8, 4) is 0 Å². The molecule has 2 aromatic heterocycles. The number of imidazole rings is 1. The molecule has 0 spiro atoms. The van der Waals surface area contributed by atoms with Crippen LogP contribution in [0.1, 0.15) is 6.23 Å². The van der Waals surface area contributed by atoms with Crippen LogP contribution < -0.4 is 5.56 Å². The maximum absolute atomic E-state index is 11.6. The topological polar surface area (TPSA) is 136 Å². The molecule has 9 nitrogen and oxygen atoms in total. The first-order valence-electron chi connectivity index (χ1n) is 5.85. The van der Waals surface area contributed by atoms with E-state index in [2.05, 4.69) is 15.0 Å². The largest absolute Gasteiger partial charge is 0.394 e. The van der Waals surface area contributed by atoms with Crippen molar-refractivity contribution in [2.45, 2.75) is 24.5 Å². The first-order chi connectivity index (χ1) is 9.54. The molecule has 108 valence electrons. The van der Waals surface area contributed by atoms with Crippen molar-refractivity contribution < 1.29 is 20.1 Å². The highest BCUT2D eigenvalue weighted by atomic mass is 32.1. The average Bonchev–Trinajstić information content (AvgIpc) is 2.90. The quantitative estimate of drug-likeness (QED) is 0.421. The van der Waals surface area contributed by atoms with Crippen LogP contribution in [0.5, 0.6) is 0 Å². The Kier molecular flexibility index (Phi) is 3.18. The molecule has 0 saturated carbocycles. The van der Waals surface area contributed by atoms with E-state index in [1.807, 2.05) is 0 Å². The van der Waals surface area contributed by atoms with Gasteiger partial charge in [0.05, 0.1) is 12.9 Å². The lowest BCUT2D eigenvalue weighted by Crippen LogP contribution is -2.33. The van der Waals surface area contributed by atoms with Crippen LogP contribution in [-0.2, 0) is 4.74 Å². The minimum Gasteiger partial charge on any atom is -0.394 e. The number of aromatic nitrogens is 4. The molecule has 0 radical (unpaired) electrons.